The minimum absolute atomic E-state index is 0.110. The van der Waals surface area contributed by atoms with Crippen molar-refractivity contribution in [2.24, 2.45) is 0 Å². The van der Waals surface area contributed by atoms with Crippen LogP contribution in [0.1, 0.15) is 114 Å². The van der Waals surface area contributed by atoms with Gasteiger partial charge in [-0.05, 0) is 59.3 Å². The highest BCUT2D eigenvalue weighted by Crippen LogP contribution is 2.23. The maximum Gasteiger partial charge on any atom is 0.341 e. The Hall–Kier alpha value is -1.75. The summed E-state index contributed by atoms with van der Waals surface area (Å²) in [5.41, 5.74) is -2.54. The van der Waals surface area contributed by atoms with Gasteiger partial charge in [-0.25, -0.2) is 4.79 Å². The van der Waals surface area contributed by atoms with Gasteiger partial charge >= 0.3 is 17.9 Å². The van der Waals surface area contributed by atoms with E-state index in [-0.39, 0.29) is 18.3 Å². The van der Waals surface area contributed by atoms with E-state index in [1.165, 1.54) is 6.92 Å². The van der Waals surface area contributed by atoms with Crippen LogP contribution in [0.25, 0.3) is 0 Å². The first-order chi connectivity index (χ1) is 17.4. The highest BCUT2D eigenvalue weighted by atomic mass is 16.7. The van der Waals surface area contributed by atoms with Gasteiger partial charge in [0.25, 0.3) is 0 Å². The van der Waals surface area contributed by atoms with E-state index < -0.39 is 55.2 Å². The zero-order valence-electron chi connectivity index (χ0n) is 24.2. The van der Waals surface area contributed by atoms with Crippen molar-refractivity contribution < 1.29 is 47.9 Å². The Balaban J connectivity index is 5.49. The van der Waals surface area contributed by atoms with Crippen LogP contribution < -0.4 is 0 Å². The topological polar surface area (TPSA) is 127 Å². The first-order valence-corrected chi connectivity index (χ1v) is 13.7. The highest BCUT2D eigenvalue weighted by molar-refractivity contribution is 5.90. The van der Waals surface area contributed by atoms with E-state index in [1.54, 1.807) is 13.8 Å². The zero-order valence-corrected chi connectivity index (χ0v) is 24.2. The maximum atomic E-state index is 13.0. The Morgan fingerprint density at radius 1 is 0.568 bits per heavy atom. The van der Waals surface area contributed by atoms with Crippen molar-refractivity contribution in [1.82, 2.24) is 0 Å². The lowest BCUT2D eigenvalue weighted by atomic mass is 9.95. The summed E-state index contributed by atoms with van der Waals surface area (Å²) in [4.78, 5) is 38.3. The first kappa shape index (κ1) is 35.2. The Morgan fingerprint density at radius 2 is 0.838 bits per heavy atom. The van der Waals surface area contributed by atoms with E-state index in [4.69, 9.17) is 28.4 Å². The van der Waals surface area contributed by atoms with Crippen LogP contribution >= 0.6 is 0 Å². The van der Waals surface area contributed by atoms with Crippen LogP contribution in [-0.2, 0) is 42.8 Å². The van der Waals surface area contributed by atoms with Crippen LogP contribution in [0.15, 0.2) is 0 Å². The molecule has 0 aliphatic rings. The van der Waals surface area contributed by atoms with Crippen molar-refractivity contribution in [2.75, 3.05) is 0 Å². The molecule has 10 nitrogen and oxygen atoms in total. The normalized spacial score (nSPS) is 15.8. The van der Waals surface area contributed by atoms with Crippen LogP contribution in [0.4, 0.5) is 0 Å². The van der Waals surface area contributed by atoms with Crippen molar-refractivity contribution in [2.45, 2.75) is 156 Å². The molecule has 0 saturated carbocycles. The van der Waals surface area contributed by atoms with Crippen LogP contribution in [0, 0.1) is 0 Å². The number of aliphatic hydroxyl groups is 1. The summed E-state index contributed by atoms with van der Waals surface area (Å²) in [6, 6.07) is 0. The molecule has 0 aliphatic heterocycles. The molecule has 0 aliphatic carbocycles. The summed E-state index contributed by atoms with van der Waals surface area (Å²) >= 11 is 0. The molecule has 0 radical (unpaired) electrons. The van der Waals surface area contributed by atoms with Gasteiger partial charge < -0.3 is 33.5 Å². The van der Waals surface area contributed by atoms with Gasteiger partial charge in [-0.1, -0.05) is 41.5 Å². The minimum atomic E-state index is -2.54. The van der Waals surface area contributed by atoms with E-state index in [9.17, 15) is 19.5 Å². The molecule has 0 fully saturated rings. The molecule has 37 heavy (non-hydrogen) atoms. The number of ether oxygens (including phenoxy) is 6. The number of rotatable bonds is 20. The standard InChI is InChI=1S/C27H50O10/c1-10-21(11-2)32-18(7)35-24(28)16-27(31,26(30)37-20(9)34-23(14-5)15-6)17-25(29)36-19(8)33-22(12-3)13-4/h18-23,31H,10-17H2,1-9H3. The second-order valence-electron chi connectivity index (χ2n) is 9.20. The van der Waals surface area contributed by atoms with Gasteiger partial charge in [-0.15, -0.1) is 0 Å². The molecule has 0 bridgehead atoms. The van der Waals surface area contributed by atoms with Crippen LogP contribution in [0.5, 0.6) is 0 Å². The molecule has 3 atom stereocenters. The molecule has 0 heterocycles. The van der Waals surface area contributed by atoms with Crippen molar-refractivity contribution in [1.29, 1.82) is 0 Å². The molecular weight excluding hydrogens is 484 g/mol. The van der Waals surface area contributed by atoms with Gasteiger partial charge in [-0.3, -0.25) is 9.59 Å². The maximum absolute atomic E-state index is 13.0. The minimum Gasteiger partial charge on any atom is -0.436 e. The van der Waals surface area contributed by atoms with Gasteiger partial charge in [0.2, 0.25) is 6.29 Å². The molecule has 0 aromatic carbocycles. The van der Waals surface area contributed by atoms with Gasteiger partial charge in [0.05, 0.1) is 31.2 Å². The smallest absolute Gasteiger partial charge is 0.341 e. The molecule has 0 aromatic heterocycles. The molecule has 0 aromatic rings. The Kier molecular flexibility index (Phi) is 17.6. The molecule has 1 N–H and O–H groups in total. The fourth-order valence-electron chi connectivity index (χ4n) is 3.74. The van der Waals surface area contributed by atoms with Crippen molar-refractivity contribution in [3.8, 4) is 0 Å². The summed E-state index contributed by atoms with van der Waals surface area (Å²) in [7, 11) is 0. The summed E-state index contributed by atoms with van der Waals surface area (Å²) in [5, 5.41) is 11.2. The predicted molar refractivity (Wildman–Crippen MR) is 137 cm³/mol. The molecule has 3 unspecified atom stereocenters. The number of hydrogen-bond donors (Lipinski definition) is 1. The van der Waals surface area contributed by atoms with Gasteiger partial charge in [0.1, 0.15) is 0 Å². The SMILES string of the molecule is CCC(CC)OC(C)OC(=O)CC(O)(CC(=O)OC(C)OC(CC)CC)C(=O)OC(C)OC(CC)CC. The monoisotopic (exact) mass is 534 g/mol. The number of hydrogen-bond acceptors (Lipinski definition) is 10. The first-order valence-electron chi connectivity index (χ1n) is 13.7. The third-order valence-corrected chi connectivity index (χ3v) is 6.01. The highest BCUT2D eigenvalue weighted by Gasteiger charge is 2.45. The quantitative estimate of drug-likeness (QED) is 0.132. The summed E-state index contributed by atoms with van der Waals surface area (Å²) in [6.45, 7) is 16.2. The molecule has 0 amide bonds. The lowest BCUT2D eigenvalue weighted by Gasteiger charge is -2.29. The van der Waals surface area contributed by atoms with Crippen LogP contribution in [0.2, 0.25) is 0 Å². The van der Waals surface area contributed by atoms with E-state index in [0.29, 0.717) is 12.8 Å². The fraction of sp³-hybridized carbons (Fsp3) is 0.889. The Morgan fingerprint density at radius 3 is 1.11 bits per heavy atom. The lowest BCUT2D eigenvalue weighted by Crippen LogP contribution is -2.47. The third kappa shape index (κ3) is 14.1. The number of carbonyl (C=O) groups is 3. The van der Waals surface area contributed by atoms with Crippen molar-refractivity contribution in [3.05, 3.63) is 0 Å². The molecule has 10 heteroatoms. The average Bonchev–Trinajstić information content (AvgIpc) is 2.83. The second-order valence-corrected chi connectivity index (χ2v) is 9.20. The third-order valence-electron chi connectivity index (χ3n) is 6.01. The predicted octanol–water partition coefficient (Wildman–Crippen LogP) is 4.78. The summed E-state index contributed by atoms with van der Waals surface area (Å²) < 4.78 is 32.7. The van der Waals surface area contributed by atoms with E-state index in [0.717, 1.165) is 25.7 Å². The molecular formula is C27H50O10. The van der Waals surface area contributed by atoms with Crippen molar-refractivity contribution >= 4 is 17.9 Å². The summed E-state index contributed by atoms with van der Waals surface area (Å²) in [6.07, 6.45) is -0.562. The van der Waals surface area contributed by atoms with Gasteiger partial charge in [-0.2, -0.15) is 0 Å². The largest absolute Gasteiger partial charge is 0.436 e. The molecule has 0 saturated heterocycles. The average molecular weight is 535 g/mol. The van der Waals surface area contributed by atoms with Crippen molar-refractivity contribution in [3.63, 3.8) is 0 Å². The molecule has 0 spiro atoms. The zero-order chi connectivity index (χ0) is 28.6. The Bertz CT molecular complexity index is 620. The van der Waals surface area contributed by atoms with E-state index in [1.807, 2.05) is 41.5 Å². The van der Waals surface area contributed by atoms with Crippen LogP contribution in [-0.4, -0.2) is 65.8 Å². The number of esters is 3. The lowest BCUT2D eigenvalue weighted by molar-refractivity contribution is -0.214. The second kappa shape index (κ2) is 18.5. The van der Waals surface area contributed by atoms with Gasteiger partial charge in [0.15, 0.2) is 18.2 Å². The summed E-state index contributed by atoms with van der Waals surface area (Å²) in [5.74, 6) is -3.05. The van der Waals surface area contributed by atoms with E-state index in [2.05, 4.69) is 0 Å². The van der Waals surface area contributed by atoms with Crippen LogP contribution in [0.3, 0.4) is 0 Å². The molecule has 0 rings (SSSR count). The number of carbonyl (C=O) groups excluding carboxylic acids is 3. The fourth-order valence-corrected chi connectivity index (χ4v) is 3.74. The van der Waals surface area contributed by atoms with Gasteiger partial charge in [0, 0.05) is 0 Å². The molecule has 218 valence electrons. The van der Waals surface area contributed by atoms with E-state index >= 15 is 0 Å². The Labute approximate surface area is 222 Å².